The Hall–Kier alpha value is -4.18. The molecule has 0 saturated heterocycles. The molecule has 6 unspecified atom stereocenters. The monoisotopic (exact) mass is 696 g/mol. The Morgan fingerprint density at radius 3 is 1.81 bits per heavy atom. The van der Waals surface area contributed by atoms with Gasteiger partial charge in [-0.25, -0.2) is 0 Å². The van der Waals surface area contributed by atoms with Crippen molar-refractivity contribution >= 4 is 57.4 Å². The standard InChI is InChI=1S/C49H53BN2O/c1-28-21-44-46-45(22-28)52(39-18-14-37(15-19-39)49(4,5)6)47-29(2)30(3)53-48(47)50(46)42-27-36(41-26-32-8-10-35(41)24-32)13-20-43(42)51(44)38-16-11-33(12-17-38)40-25-31-7-9-34(40)23-31/h11-22,27,31-32,34-35,40-41H,7-10,23-26H2,1-6H3. The van der Waals surface area contributed by atoms with Crippen LogP contribution in [0, 0.1) is 44.4 Å². The van der Waals surface area contributed by atoms with Crippen LogP contribution in [-0.2, 0) is 5.41 Å². The molecule has 4 saturated carbocycles. The van der Waals surface area contributed by atoms with Gasteiger partial charge in [0, 0.05) is 34.0 Å². The van der Waals surface area contributed by atoms with Gasteiger partial charge in [0.1, 0.15) is 5.76 Å². The summed E-state index contributed by atoms with van der Waals surface area (Å²) >= 11 is 0. The van der Waals surface area contributed by atoms with Crippen molar-refractivity contribution < 1.29 is 4.42 Å². The number of anilines is 6. The number of hydrogen-bond donors (Lipinski definition) is 0. The Bertz CT molecular complexity index is 2280. The maximum absolute atomic E-state index is 7.00. The Labute approximate surface area is 316 Å². The van der Waals surface area contributed by atoms with Gasteiger partial charge in [-0.2, -0.15) is 0 Å². The van der Waals surface area contributed by atoms with Gasteiger partial charge in [-0.15, -0.1) is 0 Å². The quantitative estimate of drug-likeness (QED) is 0.171. The third-order valence-electron chi connectivity index (χ3n) is 15.0. The highest BCUT2D eigenvalue weighted by molar-refractivity contribution is 6.99. The fourth-order valence-corrected chi connectivity index (χ4v) is 12.3. The van der Waals surface area contributed by atoms with Gasteiger partial charge in [-0.1, -0.05) is 70.0 Å². The molecule has 4 bridgehead atoms. The van der Waals surface area contributed by atoms with E-state index in [-0.39, 0.29) is 12.1 Å². The Morgan fingerprint density at radius 1 is 0.623 bits per heavy atom. The Morgan fingerprint density at radius 2 is 1.21 bits per heavy atom. The molecule has 11 rings (SSSR count). The zero-order valence-corrected chi connectivity index (χ0v) is 32.5. The zero-order valence-electron chi connectivity index (χ0n) is 32.5. The van der Waals surface area contributed by atoms with E-state index in [1.54, 1.807) is 11.1 Å². The maximum Gasteiger partial charge on any atom is 0.297 e. The van der Waals surface area contributed by atoms with Crippen LogP contribution < -0.4 is 26.4 Å². The van der Waals surface area contributed by atoms with Crippen LogP contribution in [0.2, 0.25) is 0 Å². The normalized spacial score (nSPS) is 26.3. The van der Waals surface area contributed by atoms with Gasteiger partial charge in [0.15, 0.2) is 0 Å². The third kappa shape index (κ3) is 4.79. The van der Waals surface area contributed by atoms with Crippen molar-refractivity contribution in [2.45, 2.75) is 110 Å². The first kappa shape index (κ1) is 32.3. The lowest BCUT2D eigenvalue weighted by Gasteiger charge is -2.43. The minimum Gasteiger partial charge on any atom is -0.473 e. The van der Waals surface area contributed by atoms with Gasteiger partial charge >= 0.3 is 0 Å². The van der Waals surface area contributed by atoms with E-state index in [0.717, 1.165) is 41.0 Å². The van der Waals surface area contributed by atoms with E-state index in [0.29, 0.717) is 5.92 Å². The average Bonchev–Trinajstić information content (AvgIpc) is 4.01. The van der Waals surface area contributed by atoms with E-state index in [2.05, 4.69) is 130 Å². The number of rotatable bonds is 4. The number of hydrogen-bond acceptors (Lipinski definition) is 3. The fraction of sp³-hybridized carbons (Fsp3) is 0.429. The molecule has 268 valence electrons. The van der Waals surface area contributed by atoms with Gasteiger partial charge in [-0.05, 0) is 176 Å². The molecule has 4 aromatic carbocycles. The highest BCUT2D eigenvalue weighted by atomic mass is 16.3. The van der Waals surface area contributed by atoms with Crippen molar-refractivity contribution in [1.29, 1.82) is 0 Å². The fourth-order valence-electron chi connectivity index (χ4n) is 12.3. The van der Waals surface area contributed by atoms with Crippen molar-refractivity contribution in [3.8, 4) is 0 Å². The summed E-state index contributed by atoms with van der Waals surface area (Å²) < 4.78 is 7.00. The summed E-state index contributed by atoms with van der Waals surface area (Å²) in [6.07, 6.45) is 11.3. The molecule has 6 aliphatic rings. The first-order valence-electron chi connectivity index (χ1n) is 20.8. The molecule has 4 heteroatoms. The number of benzene rings is 4. The van der Waals surface area contributed by atoms with E-state index < -0.39 is 0 Å². The summed E-state index contributed by atoms with van der Waals surface area (Å²) in [6.45, 7) is 13.6. The predicted molar refractivity (Wildman–Crippen MR) is 222 cm³/mol. The molecule has 0 amide bonds. The van der Waals surface area contributed by atoms with E-state index in [1.165, 1.54) is 113 Å². The first-order valence-corrected chi connectivity index (χ1v) is 20.8. The van der Waals surface area contributed by atoms with Crippen molar-refractivity contribution in [3.63, 3.8) is 0 Å². The van der Waals surface area contributed by atoms with E-state index in [9.17, 15) is 0 Å². The molecule has 3 heterocycles. The molecule has 0 radical (unpaired) electrons. The number of aryl methyl sites for hydroxylation is 2. The van der Waals surface area contributed by atoms with Crippen LogP contribution in [0.3, 0.4) is 0 Å². The molecule has 5 aromatic rings. The van der Waals surface area contributed by atoms with Gasteiger partial charge in [0.05, 0.1) is 11.3 Å². The van der Waals surface area contributed by atoms with Crippen molar-refractivity contribution in [2.75, 3.05) is 9.80 Å². The van der Waals surface area contributed by atoms with Gasteiger partial charge in [0.25, 0.3) is 6.71 Å². The summed E-state index contributed by atoms with van der Waals surface area (Å²) in [7, 11) is 0. The van der Waals surface area contributed by atoms with Crippen LogP contribution in [0.4, 0.5) is 34.1 Å². The van der Waals surface area contributed by atoms with Gasteiger partial charge < -0.3 is 14.2 Å². The summed E-state index contributed by atoms with van der Waals surface area (Å²) in [6, 6.07) is 31.6. The molecule has 1 aromatic heterocycles. The lowest BCUT2D eigenvalue weighted by atomic mass is 9.35. The van der Waals surface area contributed by atoms with Crippen molar-refractivity contribution in [2.24, 2.45) is 23.7 Å². The van der Waals surface area contributed by atoms with Crippen molar-refractivity contribution in [1.82, 2.24) is 0 Å². The van der Waals surface area contributed by atoms with Crippen LogP contribution in [0.5, 0.6) is 0 Å². The highest BCUT2D eigenvalue weighted by Gasteiger charge is 2.48. The minimum absolute atomic E-state index is 0.0335. The summed E-state index contributed by atoms with van der Waals surface area (Å²) in [5.41, 5.74) is 18.5. The molecule has 4 fully saturated rings. The lowest BCUT2D eigenvalue weighted by Crippen LogP contribution is -2.61. The van der Waals surface area contributed by atoms with Crippen LogP contribution in [0.1, 0.15) is 118 Å². The smallest absolute Gasteiger partial charge is 0.297 e. The largest absolute Gasteiger partial charge is 0.473 e. The molecule has 3 nitrogen and oxygen atoms in total. The number of furan rings is 1. The molecule has 0 N–H and O–H groups in total. The Kier molecular flexibility index (Phi) is 6.95. The number of nitrogens with zero attached hydrogens (tertiary/aromatic N) is 2. The van der Waals surface area contributed by atoms with E-state index in [4.69, 9.17) is 4.42 Å². The molecule has 0 spiro atoms. The Balaban J connectivity index is 1.12. The second kappa shape index (κ2) is 11.4. The SMILES string of the molecule is Cc1cc2c3c(c1)N(c1ccc(C(C)(C)C)cc1)c1c(oc(C)c1C)B3c1cc(C3CC4CCC3C4)ccc1N2c1ccc(C2CC3CCC2C3)cc1. The van der Waals surface area contributed by atoms with Crippen LogP contribution in [-0.4, -0.2) is 6.71 Å². The molecular formula is C49H53BN2O. The first-order chi connectivity index (χ1) is 25.6. The third-order valence-corrected chi connectivity index (χ3v) is 15.0. The molecular weight excluding hydrogens is 643 g/mol. The van der Waals surface area contributed by atoms with Crippen LogP contribution >= 0.6 is 0 Å². The second-order valence-electron chi connectivity index (χ2n) is 19.1. The molecule has 53 heavy (non-hydrogen) atoms. The molecule has 2 aliphatic heterocycles. The summed E-state index contributed by atoms with van der Waals surface area (Å²) in [4.78, 5) is 5.12. The zero-order chi connectivity index (χ0) is 35.9. The average molecular weight is 697 g/mol. The van der Waals surface area contributed by atoms with Gasteiger partial charge in [-0.3, -0.25) is 0 Å². The summed E-state index contributed by atoms with van der Waals surface area (Å²) in [5, 5.41) is 0. The summed E-state index contributed by atoms with van der Waals surface area (Å²) in [5.74, 6) is 6.01. The van der Waals surface area contributed by atoms with Crippen LogP contribution in [0.25, 0.3) is 0 Å². The second-order valence-corrected chi connectivity index (χ2v) is 19.1. The predicted octanol–water partition coefficient (Wildman–Crippen LogP) is 11.4. The highest BCUT2D eigenvalue weighted by Crippen LogP contribution is 2.55. The van der Waals surface area contributed by atoms with E-state index in [1.807, 2.05) is 0 Å². The molecule has 4 aliphatic carbocycles. The molecule has 6 atom stereocenters. The van der Waals surface area contributed by atoms with Crippen LogP contribution in [0.15, 0.2) is 83.3 Å². The topological polar surface area (TPSA) is 19.6 Å². The lowest BCUT2D eigenvalue weighted by molar-refractivity contribution is 0.420. The maximum atomic E-state index is 7.00. The van der Waals surface area contributed by atoms with E-state index >= 15 is 0 Å². The minimum atomic E-state index is 0.0335. The van der Waals surface area contributed by atoms with Gasteiger partial charge in [0.2, 0.25) is 0 Å². The van der Waals surface area contributed by atoms with Crippen molar-refractivity contribution in [3.05, 3.63) is 112 Å². The number of fused-ring (bicyclic) bond motifs is 8.